The molecule has 0 unspecified atom stereocenters. The largest absolute Gasteiger partial charge is 0.495 e. The monoisotopic (exact) mass is 525 g/mol. The average Bonchev–Trinajstić information content (AvgIpc) is 3.39. The van der Waals surface area contributed by atoms with Crippen LogP contribution < -0.4 is 20.3 Å². The second-order valence-electron chi connectivity index (χ2n) is 9.56. The molecule has 3 heterocycles. The van der Waals surface area contributed by atoms with E-state index in [2.05, 4.69) is 76.2 Å². The van der Waals surface area contributed by atoms with Gasteiger partial charge in [-0.25, -0.2) is 0 Å². The Morgan fingerprint density at radius 2 is 1.76 bits per heavy atom. The van der Waals surface area contributed by atoms with Crippen molar-refractivity contribution in [2.45, 2.75) is 39.8 Å². The molecule has 0 bridgehead atoms. The number of ether oxygens (including phenoxy) is 1. The van der Waals surface area contributed by atoms with Crippen molar-refractivity contribution in [3.05, 3.63) is 101 Å². The Morgan fingerprint density at radius 3 is 2.42 bits per heavy atom. The summed E-state index contributed by atoms with van der Waals surface area (Å²) in [6.07, 6.45) is 1.80. The maximum Gasteiger partial charge on any atom is 0.221 e. The van der Waals surface area contributed by atoms with E-state index in [1.54, 1.807) is 13.3 Å². The van der Waals surface area contributed by atoms with Crippen molar-refractivity contribution in [3.8, 4) is 11.4 Å². The van der Waals surface area contributed by atoms with Crippen molar-refractivity contribution in [3.63, 3.8) is 0 Å². The lowest BCUT2D eigenvalue weighted by Crippen LogP contribution is -2.29. The number of anilines is 2. The molecule has 0 saturated carbocycles. The van der Waals surface area contributed by atoms with Gasteiger partial charge in [0.1, 0.15) is 5.75 Å². The van der Waals surface area contributed by atoms with Gasteiger partial charge in [-0.3, -0.25) is 9.78 Å². The molecule has 2 aromatic carbocycles. The number of hydrogen-bond donors (Lipinski definition) is 2. The number of aryl methyl sites for hydroxylation is 2. The molecule has 5 rings (SSSR count). The van der Waals surface area contributed by atoms with Crippen molar-refractivity contribution in [1.29, 1.82) is 0 Å². The second-order valence-corrected chi connectivity index (χ2v) is 9.95. The van der Waals surface area contributed by atoms with Crippen molar-refractivity contribution in [1.82, 2.24) is 14.9 Å². The van der Waals surface area contributed by atoms with E-state index in [-0.39, 0.29) is 18.0 Å². The number of thiocarbonyl (C=S) groups is 1. The number of amides is 1. The first kappa shape index (κ1) is 25.5. The van der Waals surface area contributed by atoms with Crippen molar-refractivity contribution >= 4 is 34.6 Å². The predicted octanol–water partition coefficient (Wildman–Crippen LogP) is 5.94. The molecule has 8 heteroatoms. The van der Waals surface area contributed by atoms with Crippen LogP contribution in [0, 0.1) is 20.8 Å². The Bertz CT molecular complexity index is 1500. The van der Waals surface area contributed by atoms with Crippen LogP contribution in [0.25, 0.3) is 5.69 Å². The Morgan fingerprint density at radius 1 is 1.03 bits per heavy atom. The number of rotatable bonds is 6. The van der Waals surface area contributed by atoms with E-state index in [9.17, 15) is 4.79 Å². The summed E-state index contributed by atoms with van der Waals surface area (Å²) in [5.74, 6) is 0.407. The lowest BCUT2D eigenvalue weighted by Gasteiger charge is -2.29. The van der Waals surface area contributed by atoms with Gasteiger partial charge in [0.05, 0.1) is 30.6 Å². The number of pyridine rings is 1. The van der Waals surface area contributed by atoms with Gasteiger partial charge in [-0.05, 0) is 87.1 Å². The fourth-order valence-corrected chi connectivity index (χ4v) is 5.61. The second kappa shape index (κ2) is 10.3. The van der Waals surface area contributed by atoms with Gasteiger partial charge in [-0.1, -0.05) is 23.8 Å². The first-order valence-electron chi connectivity index (χ1n) is 12.5. The summed E-state index contributed by atoms with van der Waals surface area (Å²) in [5, 5.41) is 6.99. The molecular weight excluding hydrogens is 494 g/mol. The van der Waals surface area contributed by atoms with Gasteiger partial charge >= 0.3 is 0 Å². The number of carbonyl (C=O) groups is 1. The minimum absolute atomic E-state index is 0.174. The van der Waals surface area contributed by atoms with Crippen LogP contribution in [-0.2, 0) is 4.79 Å². The summed E-state index contributed by atoms with van der Waals surface area (Å²) >= 11 is 5.92. The SMILES string of the molecule is COc1ccc(N2C(=S)N[C@H](c3ccccn3)[C@H]2c2cc(C)n(-c3ccc(C)cc3)c2C)cc1NC(C)=O. The van der Waals surface area contributed by atoms with E-state index in [4.69, 9.17) is 17.0 Å². The van der Waals surface area contributed by atoms with Crippen molar-refractivity contribution in [2.24, 2.45) is 0 Å². The molecular formula is C30H31N5O2S. The summed E-state index contributed by atoms with van der Waals surface area (Å²) in [6.45, 7) is 7.84. The molecule has 4 aromatic rings. The van der Waals surface area contributed by atoms with Gasteiger partial charge in [-0.15, -0.1) is 0 Å². The van der Waals surface area contributed by atoms with Gasteiger partial charge in [0.25, 0.3) is 0 Å². The summed E-state index contributed by atoms with van der Waals surface area (Å²) < 4.78 is 7.77. The number of aromatic nitrogens is 2. The smallest absolute Gasteiger partial charge is 0.221 e. The highest BCUT2D eigenvalue weighted by atomic mass is 32.1. The van der Waals surface area contributed by atoms with Crippen molar-refractivity contribution in [2.75, 3.05) is 17.3 Å². The Balaban J connectivity index is 1.67. The third-order valence-electron chi connectivity index (χ3n) is 6.95. The van der Waals surface area contributed by atoms with E-state index in [0.717, 1.165) is 34.0 Å². The van der Waals surface area contributed by atoms with Gasteiger partial charge in [0.2, 0.25) is 5.91 Å². The first-order valence-corrected chi connectivity index (χ1v) is 12.9. The topological polar surface area (TPSA) is 71.4 Å². The number of nitrogens with one attached hydrogen (secondary N) is 2. The molecule has 194 valence electrons. The molecule has 1 aliphatic heterocycles. The highest BCUT2D eigenvalue weighted by Gasteiger charge is 2.42. The van der Waals surface area contributed by atoms with E-state index in [1.165, 1.54) is 12.5 Å². The third kappa shape index (κ3) is 4.63. The van der Waals surface area contributed by atoms with Crippen LogP contribution in [0.1, 0.15) is 47.2 Å². The Hall–Kier alpha value is -4.17. The minimum Gasteiger partial charge on any atom is -0.495 e. The predicted molar refractivity (Wildman–Crippen MR) is 155 cm³/mol. The molecule has 2 aromatic heterocycles. The summed E-state index contributed by atoms with van der Waals surface area (Å²) in [6, 6.07) is 22.1. The van der Waals surface area contributed by atoms with Crippen LogP contribution in [0.3, 0.4) is 0 Å². The highest BCUT2D eigenvalue weighted by Crippen LogP contribution is 2.45. The average molecular weight is 526 g/mol. The molecule has 38 heavy (non-hydrogen) atoms. The number of carbonyl (C=O) groups excluding carboxylic acids is 1. The zero-order chi connectivity index (χ0) is 27.0. The zero-order valence-electron chi connectivity index (χ0n) is 22.1. The zero-order valence-corrected chi connectivity index (χ0v) is 23.0. The van der Waals surface area contributed by atoms with Gasteiger partial charge < -0.3 is 24.8 Å². The van der Waals surface area contributed by atoms with Gasteiger partial charge in [0.15, 0.2) is 5.11 Å². The molecule has 2 atom stereocenters. The molecule has 1 aliphatic rings. The first-order chi connectivity index (χ1) is 18.3. The van der Waals surface area contributed by atoms with Crippen LogP contribution >= 0.6 is 12.2 Å². The van der Waals surface area contributed by atoms with Crippen LogP contribution in [-0.4, -0.2) is 27.7 Å². The third-order valence-corrected chi connectivity index (χ3v) is 7.27. The highest BCUT2D eigenvalue weighted by molar-refractivity contribution is 7.80. The van der Waals surface area contributed by atoms with E-state index < -0.39 is 0 Å². The number of benzene rings is 2. The molecule has 1 fully saturated rings. The molecule has 0 spiro atoms. The molecule has 1 saturated heterocycles. The Kier molecular flexibility index (Phi) is 6.91. The van der Waals surface area contributed by atoms with E-state index in [1.807, 2.05) is 36.4 Å². The quantitative estimate of drug-likeness (QED) is 0.304. The van der Waals surface area contributed by atoms with Crippen LogP contribution in [0.4, 0.5) is 11.4 Å². The van der Waals surface area contributed by atoms with Gasteiger partial charge in [-0.2, -0.15) is 0 Å². The fourth-order valence-electron chi connectivity index (χ4n) is 5.26. The molecule has 0 aliphatic carbocycles. The standard InChI is InChI=1S/C30H31N5O2S/c1-18-9-11-22(12-10-18)34-19(2)16-24(20(34)3)29-28(25-8-6-7-15-31-25)33-30(38)35(29)23-13-14-27(37-5)26(17-23)32-21(4)36/h6-17,28-29H,1-5H3,(H,32,36)(H,33,38)/t28-,29-/m1/s1. The maximum absolute atomic E-state index is 11.9. The van der Waals surface area contributed by atoms with Crippen LogP contribution in [0.2, 0.25) is 0 Å². The molecule has 0 radical (unpaired) electrons. The van der Waals surface area contributed by atoms with Crippen LogP contribution in [0.15, 0.2) is 72.9 Å². The minimum atomic E-state index is -0.179. The number of methoxy groups -OCH3 is 1. The normalized spacial score (nSPS) is 16.9. The summed E-state index contributed by atoms with van der Waals surface area (Å²) in [7, 11) is 1.59. The summed E-state index contributed by atoms with van der Waals surface area (Å²) in [5.41, 5.74) is 8.07. The Labute approximate surface area is 228 Å². The number of nitrogens with zero attached hydrogens (tertiary/aromatic N) is 3. The lowest BCUT2D eigenvalue weighted by atomic mass is 9.96. The summed E-state index contributed by atoms with van der Waals surface area (Å²) in [4.78, 5) is 18.7. The fraction of sp³-hybridized carbons (Fsp3) is 0.233. The molecule has 1 amide bonds. The van der Waals surface area contributed by atoms with E-state index >= 15 is 0 Å². The van der Waals surface area contributed by atoms with E-state index in [0.29, 0.717) is 16.5 Å². The van der Waals surface area contributed by atoms with Crippen LogP contribution in [0.5, 0.6) is 5.75 Å². The maximum atomic E-state index is 11.9. The molecule has 7 nitrogen and oxygen atoms in total. The number of hydrogen-bond acceptors (Lipinski definition) is 4. The lowest BCUT2D eigenvalue weighted by molar-refractivity contribution is -0.114. The van der Waals surface area contributed by atoms with Gasteiger partial charge in [0, 0.05) is 35.9 Å². The molecule has 2 N–H and O–H groups in total. The van der Waals surface area contributed by atoms with Crippen molar-refractivity contribution < 1.29 is 9.53 Å².